The number of alkyl halides is 6. The highest BCUT2D eigenvalue weighted by atomic mass is 19.4. The van der Waals surface area contributed by atoms with Gasteiger partial charge in [-0.15, -0.1) is 0 Å². The molecule has 0 saturated heterocycles. The number of rotatable bonds is 2. The van der Waals surface area contributed by atoms with Gasteiger partial charge in [0, 0.05) is 0 Å². The maximum absolute atomic E-state index is 12.3. The molecule has 0 aliphatic carbocycles. The molecular formula is C11H11F6N. The van der Waals surface area contributed by atoms with Gasteiger partial charge in [0.2, 0.25) is 0 Å². The molecule has 102 valence electrons. The van der Waals surface area contributed by atoms with Gasteiger partial charge in [-0.1, -0.05) is 6.07 Å². The van der Waals surface area contributed by atoms with Crippen LogP contribution in [0.25, 0.3) is 0 Å². The van der Waals surface area contributed by atoms with E-state index in [9.17, 15) is 26.3 Å². The summed E-state index contributed by atoms with van der Waals surface area (Å²) in [5.41, 5.74) is 4.35. The van der Waals surface area contributed by atoms with Gasteiger partial charge in [0.25, 0.3) is 0 Å². The van der Waals surface area contributed by atoms with Crippen molar-refractivity contribution in [1.29, 1.82) is 0 Å². The molecule has 1 atom stereocenters. The van der Waals surface area contributed by atoms with E-state index >= 15 is 0 Å². The number of halogens is 6. The third-order valence-electron chi connectivity index (χ3n) is 2.53. The van der Waals surface area contributed by atoms with E-state index in [2.05, 4.69) is 0 Å². The number of benzene rings is 1. The average Bonchev–Trinajstić information content (AvgIpc) is 2.17. The fourth-order valence-corrected chi connectivity index (χ4v) is 1.45. The summed E-state index contributed by atoms with van der Waals surface area (Å²) in [5, 5.41) is 0. The second-order valence-electron chi connectivity index (χ2n) is 3.99. The first kappa shape index (κ1) is 14.8. The lowest BCUT2D eigenvalue weighted by molar-refractivity contribution is -0.147. The Morgan fingerprint density at radius 3 is 2.06 bits per heavy atom. The van der Waals surface area contributed by atoms with E-state index in [-0.39, 0.29) is 11.1 Å². The molecule has 18 heavy (non-hydrogen) atoms. The van der Waals surface area contributed by atoms with Gasteiger partial charge in [0.05, 0.1) is 5.56 Å². The SMILES string of the molecule is Cc1cc(C(F)(F)F)ccc1CC(N)C(F)(F)F. The Bertz CT molecular complexity index is 421. The van der Waals surface area contributed by atoms with Gasteiger partial charge in [-0.25, -0.2) is 0 Å². The van der Waals surface area contributed by atoms with Crippen LogP contribution < -0.4 is 5.73 Å². The van der Waals surface area contributed by atoms with Crippen molar-refractivity contribution in [2.75, 3.05) is 0 Å². The normalized spacial score (nSPS) is 14.7. The van der Waals surface area contributed by atoms with Crippen LogP contribution in [0.5, 0.6) is 0 Å². The molecule has 1 nitrogen and oxygen atoms in total. The molecule has 1 unspecified atom stereocenters. The largest absolute Gasteiger partial charge is 0.416 e. The molecule has 0 aliphatic rings. The molecule has 1 aromatic carbocycles. The van der Waals surface area contributed by atoms with Crippen LogP contribution in [0, 0.1) is 6.92 Å². The van der Waals surface area contributed by atoms with Crippen LogP contribution >= 0.6 is 0 Å². The predicted octanol–water partition coefficient (Wildman–Crippen LogP) is 3.45. The molecule has 1 rings (SSSR count). The van der Waals surface area contributed by atoms with Gasteiger partial charge in [-0.2, -0.15) is 26.3 Å². The lowest BCUT2D eigenvalue weighted by atomic mass is 9.99. The predicted molar refractivity (Wildman–Crippen MR) is 53.9 cm³/mol. The Balaban J connectivity index is 2.94. The molecule has 0 fully saturated rings. The maximum atomic E-state index is 12.3. The standard InChI is InChI=1S/C11H11F6N/c1-6-4-8(10(12,13)14)3-2-7(6)5-9(18)11(15,16)17/h2-4,9H,5,18H2,1H3. The van der Waals surface area contributed by atoms with E-state index in [4.69, 9.17) is 5.73 Å². The topological polar surface area (TPSA) is 26.0 Å². The summed E-state index contributed by atoms with van der Waals surface area (Å²) in [6, 6.07) is 0.529. The fraction of sp³-hybridized carbons (Fsp3) is 0.455. The zero-order valence-corrected chi connectivity index (χ0v) is 9.36. The highest BCUT2D eigenvalue weighted by molar-refractivity contribution is 5.33. The van der Waals surface area contributed by atoms with Crippen molar-refractivity contribution in [2.45, 2.75) is 31.7 Å². The summed E-state index contributed by atoms with van der Waals surface area (Å²) in [6.45, 7) is 1.33. The summed E-state index contributed by atoms with van der Waals surface area (Å²) in [4.78, 5) is 0. The van der Waals surface area contributed by atoms with Crippen LogP contribution in [0.15, 0.2) is 18.2 Å². The minimum Gasteiger partial charge on any atom is -0.320 e. The molecule has 0 bridgehead atoms. The maximum Gasteiger partial charge on any atom is 0.416 e. The zero-order chi connectivity index (χ0) is 14.1. The van der Waals surface area contributed by atoms with Crippen molar-refractivity contribution in [2.24, 2.45) is 5.73 Å². The molecular weight excluding hydrogens is 260 g/mol. The number of aryl methyl sites for hydroxylation is 1. The minimum atomic E-state index is -4.56. The highest BCUT2D eigenvalue weighted by Gasteiger charge is 2.37. The second-order valence-corrected chi connectivity index (χ2v) is 3.99. The average molecular weight is 271 g/mol. The Morgan fingerprint density at radius 1 is 1.11 bits per heavy atom. The highest BCUT2D eigenvalue weighted by Crippen LogP contribution is 2.31. The van der Waals surface area contributed by atoms with Gasteiger partial charge in [0.1, 0.15) is 6.04 Å². The van der Waals surface area contributed by atoms with Crippen LogP contribution in [0.4, 0.5) is 26.3 Å². The first-order valence-corrected chi connectivity index (χ1v) is 5.01. The van der Waals surface area contributed by atoms with Crippen LogP contribution in [0.3, 0.4) is 0 Å². The van der Waals surface area contributed by atoms with Gasteiger partial charge >= 0.3 is 12.4 Å². The molecule has 2 N–H and O–H groups in total. The second kappa shape index (κ2) is 4.79. The van der Waals surface area contributed by atoms with Crippen LogP contribution in [0.2, 0.25) is 0 Å². The summed E-state index contributed by atoms with van der Waals surface area (Å²) in [5.74, 6) is 0. The zero-order valence-electron chi connectivity index (χ0n) is 9.36. The van der Waals surface area contributed by atoms with E-state index in [1.54, 1.807) is 0 Å². The van der Waals surface area contributed by atoms with Crippen molar-refractivity contribution in [3.63, 3.8) is 0 Å². The molecule has 1 aromatic rings. The first-order chi connectivity index (χ1) is 8.01. The Labute approximate surface area is 99.6 Å². The lowest BCUT2D eigenvalue weighted by Gasteiger charge is -2.17. The van der Waals surface area contributed by atoms with Crippen LogP contribution in [0.1, 0.15) is 16.7 Å². The summed E-state index contributed by atoms with van der Waals surface area (Å²) in [7, 11) is 0. The third-order valence-corrected chi connectivity index (χ3v) is 2.53. The molecule has 7 heteroatoms. The van der Waals surface area contributed by atoms with Gasteiger partial charge in [-0.3, -0.25) is 0 Å². The number of nitrogens with two attached hydrogens (primary N) is 1. The van der Waals surface area contributed by atoms with Crippen molar-refractivity contribution >= 4 is 0 Å². The fourth-order valence-electron chi connectivity index (χ4n) is 1.45. The van der Waals surface area contributed by atoms with Gasteiger partial charge in [0.15, 0.2) is 0 Å². The monoisotopic (exact) mass is 271 g/mol. The summed E-state index contributed by atoms with van der Waals surface area (Å²) < 4.78 is 73.7. The molecule has 0 heterocycles. The molecule has 0 saturated carbocycles. The third kappa shape index (κ3) is 3.63. The lowest BCUT2D eigenvalue weighted by Crippen LogP contribution is -2.39. The van der Waals surface area contributed by atoms with Crippen molar-refractivity contribution in [3.05, 3.63) is 34.9 Å². The van der Waals surface area contributed by atoms with Crippen molar-refractivity contribution in [3.8, 4) is 0 Å². The Kier molecular flexibility index (Phi) is 3.95. The van der Waals surface area contributed by atoms with Gasteiger partial charge in [-0.05, 0) is 36.6 Å². The smallest absolute Gasteiger partial charge is 0.320 e. The van der Waals surface area contributed by atoms with E-state index < -0.39 is 30.4 Å². The summed E-state index contributed by atoms with van der Waals surface area (Å²) in [6.07, 6.45) is -9.60. The molecule has 0 spiro atoms. The molecule has 0 aromatic heterocycles. The quantitative estimate of drug-likeness (QED) is 0.819. The van der Waals surface area contributed by atoms with E-state index in [0.29, 0.717) is 0 Å². The number of hydrogen-bond acceptors (Lipinski definition) is 1. The Morgan fingerprint density at radius 2 is 1.67 bits per heavy atom. The molecule has 0 amide bonds. The minimum absolute atomic E-state index is 0.143. The van der Waals surface area contributed by atoms with Crippen LogP contribution in [-0.2, 0) is 12.6 Å². The van der Waals surface area contributed by atoms with E-state index in [0.717, 1.165) is 18.2 Å². The van der Waals surface area contributed by atoms with Crippen molar-refractivity contribution in [1.82, 2.24) is 0 Å². The molecule has 0 radical (unpaired) electrons. The van der Waals surface area contributed by atoms with Crippen LogP contribution in [-0.4, -0.2) is 12.2 Å². The first-order valence-electron chi connectivity index (χ1n) is 5.01. The van der Waals surface area contributed by atoms with Crippen molar-refractivity contribution < 1.29 is 26.3 Å². The molecule has 0 aliphatic heterocycles. The summed E-state index contributed by atoms with van der Waals surface area (Å²) >= 11 is 0. The van der Waals surface area contributed by atoms with Gasteiger partial charge < -0.3 is 5.73 Å². The van der Waals surface area contributed by atoms with E-state index in [1.165, 1.54) is 6.92 Å². The van der Waals surface area contributed by atoms with E-state index in [1.807, 2.05) is 0 Å². The Hall–Kier alpha value is -1.24. The number of hydrogen-bond donors (Lipinski definition) is 1.